The summed E-state index contributed by atoms with van der Waals surface area (Å²) in [6.45, 7) is 9.10. The van der Waals surface area contributed by atoms with Crippen LogP contribution in [0, 0.1) is 13.8 Å². The molecule has 3 aromatic carbocycles. The van der Waals surface area contributed by atoms with Gasteiger partial charge in [-0.15, -0.1) is 0 Å². The molecule has 0 bridgehead atoms. The number of nitrogens with zero attached hydrogens (tertiary/aromatic N) is 2. The van der Waals surface area contributed by atoms with Gasteiger partial charge in [0.25, 0.3) is 10.0 Å². The van der Waals surface area contributed by atoms with E-state index in [1.165, 1.54) is 17.0 Å². The lowest BCUT2D eigenvalue weighted by Gasteiger charge is -2.34. The van der Waals surface area contributed by atoms with E-state index in [0.717, 1.165) is 21.9 Å². The summed E-state index contributed by atoms with van der Waals surface area (Å²) >= 11 is 6.29. The van der Waals surface area contributed by atoms with Gasteiger partial charge in [-0.3, -0.25) is 13.9 Å². The molecule has 40 heavy (non-hydrogen) atoms. The average Bonchev–Trinajstić information content (AvgIpc) is 2.94. The van der Waals surface area contributed by atoms with Crippen molar-refractivity contribution in [3.63, 3.8) is 0 Å². The highest BCUT2D eigenvalue weighted by atomic mass is 35.5. The molecule has 2 atom stereocenters. The second kappa shape index (κ2) is 13.8. The molecule has 0 fully saturated rings. The van der Waals surface area contributed by atoms with E-state index in [2.05, 4.69) is 5.32 Å². The van der Waals surface area contributed by atoms with Gasteiger partial charge in [-0.05, 0) is 74.6 Å². The van der Waals surface area contributed by atoms with E-state index in [1.54, 1.807) is 43.3 Å². The summed E-state index contributed by atoms with van der Waals surface area (Å²) in [7, 11) is -4.15. The number of aryl methyl sites for hydroxylation is 2. The number of benzene rings is 3. The van der Waals surface area contributed by atoms with Crippen LogP contribution < -0.4 is 9.62 Å². The Balaban J connectivity index is 2.10. The summed E-state index contributed by atoms with van der Waals surface area (Å²) in [5, 5.41) is 3.34. The van der Waals surface area contributed by atoms with Gasteiger partial charge < -0.3 is 10.2 Å². The molecule has 9 heteroatoms. The predicted octanol–water partition coefficient (Wildman–Crippen LogP) is 5.87. The Morgan fingerprint density at radius 1 is 0.900 bits per heavy atom. The van der Waals surface area contributed by atoms with Gasteiger partial charge in [0.05, 0.1) is 10.6 Å². The summed E-state index contributed by atoms with van der Waals surface area (Å²) in [5.41, 5.74) is 2.79. The molecule has 0 heterocycles. The number of nitrogens with one attached hydrogen (secondary N) is 1. The van der Waals surface area contributed by atoms with Crippen LogP contribution in [0.5, 0.6) is 0 Å². The van der Waals surface area contributed by atoms with Gasteiger partial charge in [0.1, 0.15) is 12.6 Å². The molecular weight excluding hydrogens is 546 g/mol. The van der Waals surface area contributed by atoms with Crippen LogP contribution in [0.4, 0.5) is 5.69 Å². The van der Waals surface area contributed by atoms with E-state index in [9.17, 15) is 18.0 Å². The number of anilines is 1. The lowest BCUT2D eigenvalue weighted by Crippen LogP contribution is -2.53. The van der Waals surface area contributed by atoms with E-state index in [4.69, 9.17) is 11.6 Å². The SMILES string of the molecule is CCC(C)NC(=O)C(CC)N(Cc1ccccc1C)C(=O)CN(c1cc(Cl)ccc1C)S(=O)(=O)c1ccccc1. The van der Waals surface area contributed by atoms with Crippen LogP contribution >= 0.6 is 11.6 Å². The van der Waals surface area contributed by atoms with E-state index in [1.807, 2.05) is 52.0 Å². The normalized spacial score (nSPS) is 12.8. The Morgan fingerprint density at radius 3 is 2.17 bits per heavy atom. The number of halogens is 1. The fraction of sp³-hybridized carbons (Fsp3) is 0.355. The highest BCUT2D eigenvalue weighted by molar-refractivity contribution is 7.92. The molecule has 0 radical (unpaired) electrons. The van der Waals surface area contributed by atoms with Crippen molar-refractivity contribution in [2.75, 3.05) is 10.8 Å². The molecule has 7 nitrogen and oxygen atoms in total. The van der Waals surface area contributed by atoms with Crippen molar-refractivity contribution in [2.45, 2.75) is 71.0 Å². The minimum atomic E-state index is -4.15. The fourth-order valence-corrected chi connectivity index (χ4v) is 6.07. The van der Waals surface area contributed by atoms with E-state index in [-0.39, 0.29) is 23.4 Å². The molecule has 2 unspecified atom stereocenters. The molecule has 0 saturated carbocycles. The van der Waals surface area contributed by atoms with Crippen LogP contribution in [-0.4, -0.2) is 43.8 Å². The molecule has 3 rings (SSSR count). The number of sulfonamides is 1. The first kappa shape index (κ1) is 31.2. The third-order valence-corrected chi connectivity index (χ3v) is 9.05. The zero-order chi connectivity index (χ0) is 29.4. The predicted molar refractivity (Wildman–Crippen MR) is 161 cm³/mol. The Bertz CT molecular complexity index is 1430. The Hall–Kier alpha value is -3.36. The molecule has 0 spiro atoms. The number of rotatable bonds is 12. The maximum Gasteiger partial charge on any atom is 0.264 e. The number of carbonyl (C=O) groups excluding carboxylic acids is 2. The fourth-order valence-electron chi connectivity index (χ4n) is 4.42. The van der Waals surface area contributed by atoms with E-state index < -0.39 is 28.5 Å². The summed E-state index contributed by atoms with van der Waals surface area (Å²) in [6, 6.07) is 19.7. The van der Waals surface area contributed by atoms with Crippen LogP contribution in [0.3, 0.4) is 0 Å². The second-order valence-corrected chi connectivity index (χ2v) is 12.2. The number of hydrogen-bond donors (Lipinski definition) is 1. The van der Waals surface area contributed by atoms with Gasteiger partial charge in [-0.1, -0.05) is 74.0 Å². The van der Waals surface area contributed by atoms with Crippen molar-refractivity contribution in [2.24, 2.45) is 0 Å². The van der Waals surface area contributed by atoms with E-state index in [0.29, 0.717) is 22.7 Å². The van der Waals surface area contributed by atoms with Gasteiger partial charge >= 0.3 is 0 Å². The zero-order valence-electron chi connectivity index (χ0n) is 23.7. The lowest BCUT2D eigenvalue weighted by atomic mass is 10.1. The Labute approximate surface area is 243 Å². The van der Waals surface area contributed by atoms with Gasteiger partial charge in [0.2, 0.25) is 11.8 Å². The highest BCUT2D eigenvalue weighted by Gasteiger charge is 2.34. The molecule has 1 N–H and O–H groups in total. The number of hydrogen-bond acceptors (Lipinski definition) is 4. The summed E-state index contributed by atoms with van der Waals surface area (Å²) in [5.74, 6) is -0.761. The maximum atomic E-state index is 14.2. The quantitative estimate of drug-likeness (QED) is 0.289. The average molecular weight is 584 g/mol. The number of carbonyl (C=O) groups is 2. The maximum absolute atomic E-state index is 14.2. The molecule has 0 aliphatic carbocycles. The van der Waals surface area contributed by atoms with Crippen LogP contribution in [0.1, 0.15) is 50.3 Å². The standard InChI is InChI=1S/C31H38ClN3O4S/c1-6-24(5)33-31(37)28(7-2)34(20-25-14-12-11-13-22(25)3)30(36)21-35(29-19-26(32)18-17-23(29)4)40(38,39)27-15-9-8-10-16-27/h8-19,24,28H,6-7,20-21H2,1-5H3,(H,33,37). The first-order chi connectivity index (χ1) is 19.0. The first-order valence-electron chi connectivity index (χ1n) is 13.5. The monoisotopic (exact) mass is 583 g/mol. The Kier molecular flexibility index (Phi) is 10.8. The second-order valence-electron chi connectivity index (χ2n) is 9.95. The first-order valence-corrected chi connectivity index (χ1v) is 15.3. The van der Waals surface area contributed by atoms with Gasteiger partial charge in [-0.2, -0.15) is 0 Å². The summed E-state index contributed by atoms with van der Waals surface area (Å²) in [4.78, 5) is 29.1. The third-order valence-electron chi connectivity index (χ3n) is 7.04. The number of amides is 2. The van der Waals surface area contributed by atoms with Crippen molar-refractivity contribution in [3.8, 4) is 0 Å². The Morgan fingerprint density at radius 2 is 1.55 bits per heavy atom. The van der Waals surface area contributed by atoms with Gasteiger partial charge in [0.15, 0.2) is 0 Å². The molecule has 0 saturated heterocycles. The van der Waals surface area contributed by atoms with Crippen molar-refractivity contribution < 1.29 is 18.0 Å². The molecule has 0 aromatic heterocycles. The van der Waals surface area contributed by atoms with Crippen LogP contribution in [0.15, 0.2) is 77.7 Å². The highest BCUT2D eigenvalue weighted by Crippen LogP contribution is 2.30. The van der Waals surface area contributed by atoms with Crippen LogP contribution in [0.2, 0.25) is 5.02 Å². The topological polar surface area (TPSA) is 86.8 Å². The molecule has 0 aliphatic rings. The molecule has 214 valence electrons. The summed E-state index contributed by atoms with van der Waals surface area (Å²) in [6.07, 6.45) is 1.10. The van der Waals surface area contributed by atoms with Crippen LogP contribution in [-0.2, 0) is 26.2 Å². The minimum Gasteiger partial charge on any atom is -0.352 e. The van der Waals surface area contributed by atoms with Crippen molar-refractivity contribution in [1.29, 1.82) is 0 Å². The van der Waals surface area contributed by atoms with Gasteiger partial charge in [-0.25, -0.2) is 8.42 Å². The minimum absolute atomic E-state index is 0.0502. The molecular formula is C31H38ClN3O4S. The zero-order valence-corrected chi connectivity index (χ0v) is 25.3. The van der Waals surface area contributed by atoms with Crippen molar-refractivity contribution in [3.05, 3.63) is 94.5 Å². The largest absolute Gasteiger partial charge is 0.352 e. The van der Waals surface area contributed by atoms with Crippen molar-refractivity contribution >= 4 is 39.1 Å². The van der Waals surface area contributed by atoms with Crippen LogP contribution in [0.25, 0.3) is 0 Å². The van der Waals surface area contributed by atoms with E-state index >= 15 is 0 Å². The molecule has 2 amide bonds. The molecule has 3 aromatic rings. The van der Waals surface area contributed by atoms with Crippen molar-refractivity contribution in [1.82, 2.24) is 10.2 Å². The third kappa shape index (κ3) is 7.43. The van der Waals surface area contributed by atoms with Gasteiger partial charge in [0, 0.05) is 17.6 Å². The molecule has 0 aliphatic heterocycles. The summed E-state index contributed by atoms with van der Waals surface area (Å²) < 4.78 is 29.0. The lowest BCUT2D eigenvalue weighted by molar-refractivity contribution is -0.140. The smallest absolute Gasteiger partial charge is 0.264 e.